The Balaban J connectivity index is 2.48. The molecule has 100 valence electrons. The van der Waals surface area contributed by atoms with Crippen LogP contribution in [0.25, 0.3) is 0 Å². The van der Waals surface area contributed by atoms with Crippen LogP contribution in [-0.2, 0) is 0 Å². The Bertz CT molecular complexity index is 572. The Hall–Kier alpha value is -0.540. The first-order valence-electron chi connectivity index (χ1n) is 6.05. The average molecular weight is 359 g/mol. The number of benzene rings is 2. The summed E-state index contributed by atoms with van der Waals surface area (Å²) in [5.74, 6) is 0. The summed E-state index contributed by atoms with van der Waals surface area (Å²) in [7, 11) is 0. The smallest absolute Gasteiger partial charge is 0.0592 e. The standard InChI is InChI=1S/C15H14BrCl2N/c1-2-19-15(10-4-3-5-11(16)8-10)13-9-12(17)6-7-14(13)18/h3-9,15,19H,2H2,1H3. The Labute approximate surface area is 132 Å². The molecule has 0 fully saturated rings. The van der Waals surface area contributed by atoms with Crippen molar-refractivity contribution in [3.63, 3.8) is 0 Å². The maximum atomic E-state index is 6.31. The minimum atomic E-state index is 0.0358. The van der Waals surface area contributed by atoms with E-state index in [1.54, 1.807) is 6.07 Å². The molecule has 1 unspecified atom stereocenters. The summed E-state index contributed by atoms with van der Waals surface area (Å²) >= 11 is 15.9. The molecule has 0 saturated heterocycles. The lowest BCUT2D eigenvalue weighted by atomic mass is 9.98. The molecule has 2 aromatic carbocycles. The SMILES string of the molecule is CCNC(c1cccc(Br)c1)c1cc(Cl)ccc1Cl. The number of hydrogen-bond donors (Lipinski definition) is 1. The summed E-state index contributed by atoms with van der Waals surface area (Å²) in [6.07, 6.45) is 0. The van der Waals surface area contributed by atoms with Gasteiger partial charge in [0.2, 0.25) is 0 Å². The minimum Gasteiger partial charge on any atom is -0.306 e. The maximum absolute atomic E-state index is 6.31. The highest BCUT2D eigenvalue weighted by molar-refractivity contribution is 9.10. The van der Waals surface area contributed by atoms with Crippen molar-refractivity contribution in [2.75, 3.05) is 6.54 Å². The Morgan fingerprint density at radius 2 is 1.95 bits per heavy atom. The van der Waals surface area contributed by atoms with Crippen LogP contribution in [0.2, 0.25) is 10.0 Å². The van der Waals surface area contributed by atoms with Gasteiger partial charge in [0.1, 0.15) is 0 Å². The largest absolute Gasteiger partial charge is 0.306 e. The second-order valence-corrected chi connectivity index (χ2v) is 5.97. The number of nitrogens with one attached hydrogen (secondary N) is 1. The van der Waals surface area contributed by atoms with Crippen molar-refractivity contribution in [1.29, 1.82) is 0 Å². The molecule has 0 spiro atoms. The third-order valence-corrected chi connectivity index (χ3v) is 3.93. The Morgan fingerprint density at radius 3 is 2.63 bits per heavy atom. The lowest BCUT2D eigenvalue weighted by Gasteiger charge is -2.20. The van der Waals surface area contributed by atoms with E-state index in [1.165, 1.54) is 0 Å². The van der Waals surface area contributed by atoms with E-state index in [4.69, 9.17) is 23.2 Å². The molecule has 1 nitrogen and oxygen atoms in total. The highest BCUT2D eigenvalue weighted by Gasteiger charge is 2.16. The third-order valence-electron chi connectivity index (χ3n) is 2.86. The van der Waals surface area contributed by atoms with Crippen LogP contribution in [-0.4, -0.2) is 6.54 Å². The van der Waals surface area contributed by atoms with Gasteiger partial charge in [-0.15, -0.1) is 0 Å². The predicted molar refractivity (Wildman–Crippen MR) is 86.1 cm³/mol. The zero-order valence-electron chi connectivity index (χ0n) is 10.5. The summed E-state index contributed by atoms with van der Waals surface area (Å²) in [5.41, 5.74) is 2.15. The summed E-state index contributed by atoms with van der Waals surface area (Å²) in [5, 5.41) is 4.86. The number of rotatable bonds is 4. The Morgan fingerprint density at radius 1 is 1.16 bits per heavy atom. The molecule has 0 saturated carbocycles. The zero-order valence-corrected chi connectivity index (χ0v) is 13.6. The molecule has 19 heavy (non-hydrogen) atoms. The molecule has 1 N–H and O–H groups in total. The van der Waals surface area contributed by atoms with Crippen LogP contribution in [0.1, 0.15) is 24.1 Å². The van der Waals surface area contributed by atoms with Crippen molar-refractivity contribution in [1.82, 2.24) is 5.32 Å². The van der Waals surface area contributed by atoms with Crippen LogP contribution in [0.15, 0.2) is 46.9 Å². The van der Waals surface area contributed by atoms with Crippen molar-refractivity contribution >= 4 is 39.1 Å². The van der Waals surface area contributed by atoms with Gasteiger partial charge in [-0.05, 0) is 48.0 Å². The second-order valence-electron chi connectivity index (χ2n) is 4.21. The molecule has 4 heteroatoms. The molecule has 0 aliphatic rings. The molecular formula is C15H14BrCl2N. The first kappa shape index (κ1) is 14.9. The number of hydrogen-bond acceptors (Lipinski definition) is 1. The highest BCUT2D eigenvalue weighted by Crippen LogP contribution is 2.31. The van der Waals surface area contributed by atoms with E-state index < -0.39 is 0 Å². The molecule has 0 aromatic heterocycles. The van der Waals surface area contributed by atoms with E-state index in [0.717, 1.165) is 27.2 Å². The summed E-state index contributed by atoms with van der Waals surface area (Å²) in [6.45, 7) is 2.92. The van der Waals surface area contributed by atoms with Crippen LogP contribution in [0, 0.1) is 0 Å². The van der Waals surface area contributed by atoms with Crippen LogP contribution in [0.5, 0.6) is 0 Å². The van der Waals surface area contributed by atoms with E-state index in [0.29, 0.717) is 5.02 Å². The molecule has 0 bridgehead atoms. The van der Waals surface area contributed by atoms with E-state index in [2.05, 4.69) is 40.3 Å². The third kappa shape index (κ3) is 3.73. The molecule has 0 aliphatic carbocycles. The summed E-state index contributed by atoms with van der Waals surface area (Å²) < 4.78 is 1.05. The van der Waals surface area contributed by atoms with Gasteiger partial charge in [0.05, 0.1) is 6.04 Å². The van der Waals surface area contributed by atoms with Gasteiger partial charge in [-0.2, -0.15) is 0 Å². The normalized spacial score (nSPS) is 12.4. The van der Waals surface area contributed by atoms with Gasteiger partial charge in [0.25, 0.3) is 0 Å². The maximum Gasteiger partial charge on any atom is 0.0592 e. The zero-order chi connectivity index (χ0) is 13.8. The van der Waals surface area contributed by atoms with Crippen molar-refractivity contribution in [3.05, 3.63) is 68.1 Å². The van der Waals surface area contributed by atoms with Gasteiger partial charge in [-0.1, -0.05) is 58.2 Å². The number of halogens is 3. The van der Waals surface area contributed by atoms with Crippen LogP contribution >= 0.6 is 39.1 Å². The molecule has 0 amide bonds. The van der Waals surface area contributed by atoms with Gasteiger partial charge in [-0.25, -0.2) is 0 Å². The van der Waals surface area contributed by atoms with Gasteiger partial charge >= 0.3 is 0 Å². The second kappa shape index (κ2) is 6.76. The van der Waals surface area contributed by atoms with E-state index in [1.807, 2.05) is 24.3 Å². The van der Waals surface area contributed by atoms with E-state index >= 15 is 0 Å². The molecule has 0 heterocycles. The quantitative estimate of drug-likeness (QED) is 0.765. The fourth-order valence-electron chi connectivity index (χ4n) is 2.03. The van der Waals surface area contributed by atoms with E-state index in [9.17, 15) is 0 Å². The molecule has 1 atom stereocenters. The van der Waals surface area contributed by atoms with Crippen molar-refractivity contribution in [2.45, 2.75) is 13.0 Å². The van der Waals surface area contributed by atoms with Crippen LogP contribution < -0.4 is 5.32 Å². The lowest BCUT2D eigenvalue weighted by Crippen LogP contribution is -2.22. The van der Waals surface area contributed by atoms with Crippen LogP contribution in [0.3, 0.4) is 0 Å². The van der Waals surface area contributed by atoms with Crippen molar-refractivity contribution in [2.24, 2.45) is 0 Å². The van der Waals surface area contributed by atoms with Gasteiger partial charge in [0, 0.05) is 14.5 Å². The summed E-state index contributed by atoms with van der Waals surface area (Å²) in [6, 6.07) is 13.8. The topological polar surface area (TPSA) is 12.0 Å². The fraction of sp³-hybridized carbons (Fsp3) is 0.200. The van der Waals surface area contributed by atoms with Crippen LogP contribution in [0.4, 0.5) is 0 Å². The van der Waals surface area contributed by atoms with Gasteiger partial charge in [-0.3, -0.25) is 0 Å². The molecular weight excluding hydrogens is 345 g/mol. The van der Waals surface area contributed by atoms with Crippen molar-refractivity contribution in [3.8, 4) is 0 Å². The highest BCUT2D eigenvalue weighted by atomic mass is 79.9. The van der Waals surface area contributed by atoms with E-state index in [-0.39, 0.29) is 6.04 Å². The first-order valence-corrected chi connectivity index (χ1v) is 7.60. The molecule has 0 aliphatic heterocycles. The summed E-state index contributed by atoms with van der Waals surface area (Å²) in [4.78, 5) is 0. The van der Waals surface area contributed by atoms with Crippen molar-refractivity contribution < 1.29 is 0 Å². The molecule has 2 aromatic rings. The molecule has 0 radical (unpaired) electrons. The fourth-order valence-corrected chi connectivity index (χ4v) is 2.86. The predicted octanol–water partition coefficient (Wildman–Crippen LogP) is 5.45. The first-order chi connectivity index (χ1) is 9.11. The Kier molecular flexibility index (Phi) is 5.28. The monoisotopic (exact) mass is 357 g/mol. The lowest BCUT2D eigenvalue weighted by molar-refractivity contribution is 0.630. The van der Waals surface area contributed by atoms with Gasteiger partial charge in [0.15, 0.2) is 0 Å². The van der Waals surface area contributed by atoms with Gasteiger partial charge < -0.3 is 5.32 Å². The minimum absolute atomic E-state index is 0.0358. The average Bonchev–Trinajstić information content (AvgIpc) is 2.39. The molecule has 2 rings (SSSR count).